The van der Waals surface area contributed by atoms with Crippen LogP contribution in [0.15, 0.2) is 48.5 Å². The van der Waals surface area contributed by atoms with Crippen LogP contribution in [-0.2, 0) is 0 Å². The lowest BCUT2D eigenvalue weighted by Crippen LogP contribution is -2.23. The lowest BCUT2D eigenvalue weighted by Gasteiger charge is -2.24. The molecule has 0 atom stereocenters. The highest BCUT2D eigenvalue weighted by Gasteiger charge is 2.16. The van der Waals surface area contributed by atoms with E-state index in [4.69, 9.17) is 14.7 Å². The Labute approximate surface area is 161 Å². The summed E-state index contributed by atoms with van der Waals surface area (Å²) >= 11 is 0. The SMILES string of the molecule is CCCOc1ccc(-c2nc(NC3CCCCC3)c3ccccc3n2)cc1. The lowest BCUT2D eigenvalue weighted by atomic mass is 9.95. The summed E-state index contributed by atoms with van der Waals surface area (Å²) in [5, 5.41) is 4.79. The van der Waals surface area contributed by atoms with E-state index < -0.39 is 0 Å². The number of nitrogens with zero attached hydrogens (tertiary/aromatic N) is 2. The summed E-state index contributed by atoms with van der Waals surface area (Å²) in [4.78, 5) is 9.69. The first-order valence-electron chi connectivity index (χ1n) is 10.1. The first-order valence-corrected chi connectivity index (χ1v) is 10.1. The van der Waals surface area contributed by atoms with Crippen molar-refractivity contribution in [1.29, 1.82) is 0 Å². The molecule has 0 saturated heterocycles. The van der Waals surface area contributed by atoms with Crippen LogP contribution >= 0.6 is 0 Å². The Bertz CT molecular complexity index is 886. The van der Waals surface area contributed by atoms with Gasteiger partial charge < -0.3 is 10.1 Å². The average molecular weight is 361 g/mol. The predicted molar refractivity (Wildman–Crippen MR) is 111 cm³/mol. The van der Waals surface area contributed by atoms with Gasteiger partial charge in [-0.25, -0.2) is 9.97 Å². The van der Waals surface area contributed by atoms with Crippen LogP contribution in [0.5, 0.6) is 5.75 Å². The fraction of sp³-hybridized carbons (Fsp3) is 0.391. The van der Waals surface area contributed by atoms with Gasteiger partial charge in [0.15, 0.2) is 5.82 Å². The van der Waals surface area contributed by atoms with Gasteiger partial charge in [-0.15, -0.1) is 0 Å². The average Bonchev–Trinajstić information content (AvgIpc) is 2.73. The van der Waals surface area contributed by atoms with E-state index in [1.165, 1.54) is 32.1 Å². The first-order chi connectivity index (χ1) is 13.3. The molecular formula is C23H27N3O. The number of nitrogens with one attached hydrogen (secondary N) is 1. The molecule has 1 aliphatic carbocycles. The van der Waals surface area contributed by atoms with Crippen LogP contribution in [0.3, 0.4) is 0 Å². The molecule has 0 radical (unpaired) electrons. The summed E-state index contributed by atoms with van der Waals surface area (Å²) in [7, 11) is 0. The van der Waals surface area contributed by atoms with E-state index in [0.717, 1.165) is 46.9 Å². The Morgan fingerprint density at radius 1 is 0.963 bits per heavy atom. The molecule has 4 rings (SSSR count). The summed E-state index contributed by atoms with van der Waals surface area (Å²) in [6, 6.07) is 16.8. The number of rotatable bonds is 6. The molecular weight excluding hydrogens is 334 g/mol. The van der Waals surface area contributed by atoms with Crippen molar-refractivity contribution in [3.05, 3.63) is 48.5 Å². The minimum atomic E-state index is 0.509. The van der Waals surface area contributed by atoms with E-state index in [-0.39, 0.29) is 0 Å². The maximum Gasteiger partial charge on any atom is 0.162 e. The normalized spacial score (nSPS) is 15.0. The highest BCUT2D eigenvalue weighted by atomic mass is 16.5. The van der Waals surface area contributed by atoms with E-state index in [1.54, 1.807) is 0 Å². The number of aromatic nitrogens is 2. The number of anilines is 1. The van der Waals surface area contributed by atoms with E-state index in [2.05, 4.69) is 30.4 Å². The molecule has 1 saturated carbocycles. The highest BCUT2D eigenvalue weighted by Crippen LogP contribution is 2.28. The molecule has 3 aromatic rings. The standard InChI is InChI=1S/C23H27N3O/c1-2-16-27-19-14-12-17(13-15-19)22-25-21-11-7-6-10-20(21)23(26-22)24-18-8-4-3-5-9-18/h6-7,10-15,18H,2-5,8-9,16H2,1H3,(H,24,25,26). The van der Waals surface area contributed by atoms with E-state index in [1.807, 2.05) is 30.3 Å². The van der Waals surface area contributed by atoms with E-state index in [9.17, 15) is 0 Å². The summed E-state index contributed by atoms with van der Waals surface area (Å²) in [6.07, 6.45) is 7.39. The Hall–Kier alpha value is -2.62. The summed E-state index contributed by atoms with van der Waals surface area (Å²) < 4.78 is 5.69. The van der Waals surface area contributed by atoms with E-state index in [0.29, 0.717) is 6.04 Å². The molecule has 1 aromatic heterocycles. The monoisotopic (exact) mass is 361 g/mol. The van der Waals surface area contributed by atoms with Crippen molar-refractivity contribution in [3.63, 3.8) is 0 Å². The molecule has 0 amide bonds. The van der Waals surface area contributed by atoms with Crippen molar-refractivity contribution in [2.75, 3.05) is 11.9 Å². The van der Waals surface area contributed by atoms with Crippen molar-refractivity contribution < 1.29 is 4.74 Å². The number of para-hydroxylation sites is 1. The Morgan fingerprint density at radius 3 is 2.52 bits per heavy atom. The van der Waals surface area contributed by atoms with Crippen LogP contribution in [0.4, 0.5) is 5.82 Å². The van der Waals surface area contributed by atoms with Crippen molar-refractivity contribution >= 4 is 16.7 Å². The molecule has 0 spiro atoms. The fourth-order valence-corrected chi connectivity index (χ4v) is 3.68. The van der Waals surface area contributed by atoms with Crippen LogP contribution in [-0.4, -0.2) is 22.6 Å². The molecule has 140 valence electrons. The Kier molecular flexibility index (Phi) is 5.52. The molecule has 2 aromatic carbocycles. The lowest BCUT2D eigenvalue weighted by molar-refractivity contribution is 0.317. The summed E-state index contributed by atoms with van der Waals surface area (Å²) in [6.45, 7) is 2.85. The molecule has 0 aliphatic heterocycles. The molecule has 27 heavy (non-hydrogen) atoms. The molecule has 1 N–H and O–H groups in total. The number of ether oxygens (including phenoxy) is 1. The minimum Gasteiger partial charge on any atom is -0.494 e. The molecule has 1 heterocycles. The molecule has 4 nitrogen and oxygen atoms in total. The topological polar surface area (TPSA) is 47.0 Å². The second kappa shape index (κ2) is 8.38. The van der Waals surface area contributed by atoms with Gasteiger partial charge in [-0.1, -0.05) is 38.3 Å². The van der Waals surface area contributed by atoms with Gasteiger partial charge >= 0.3 is 0 Å². The minimum absolute atomic E-state index is 0.509. The molecule has 1 aliphatic rings. The molecule has 0 bridgehead atoms. The van der Waals surface area contributed by atoms with Gasteiger partial charge in [0.2, 0.25) is 0 Å². The van der Waals surface area contributed by atoms with Gasteiger partial charge in [0.05, 0.1) is 12.1 Å². The second-order valence-electron chi connectivity index (χ2n) is 7.27. The molecule has 0 unspecified atom stereocenters. The van der Waals surface area contributed by atoms with Crippen LogP contribution in [0.25, 0.3) is 22.3 Å². The third-order valence-corrected chi connectivity index (χ3v) is 5.13. The zero-order valence-electron chi connectivity index (χ0n) is 15.9. The highest BCUT2D eigenvalue weighted by molar-refractivity contribution is 5.90. The largest absolute Gasteiger partial charge is 0.494 e. The third-order valence-electron chi connectivity index (χ3n) is 5.13. The fourth-order valence-electron chi connectivity index (χ4n) is 3.68. The van der Waals surface area contributed by atoms with Crippen LogP contribution < -0.4 is 10.1 Å². The summed E-state index contributed by atoms with van der Waals surface area (Å²) in [5.74, 6) is 2.60. The van der Waals surface area contributed by atoms with Gasteiger partial charge in [0.25, 0.3) is 0 Å². The van der Waals surface area contributed by atoms with Gasteiger partial charge in [-0.05, 0) is 55.7 Å². The Morgan fingerprint density at radius 2 is 1.74 bits per heavy atom. The summed E-state index contributed by atoms with van der Waals surface area (Å²) in [5.41, 5.74) is 1.99. The van der Waals surface area contributed by atoms with Gasteiger partial charge in [0, 0.05) is 17.0 Å². The zero-order chi connectivity index (χ0) is 18.5. The van der Waals surface area contributed by atoms with Gasteiger partial charge in [-0.2, -0.15) is 0 Å². The zero-order valence-corrected chi connectivity index (χ0v) is 15.9. The quantitative estimate of drug-likeness (QED) is 0.600. The van der Waals surface area contributed by atoms with Gasteiger partial charge in [-0.3, -0.25) is 0 Å². The number of hydrogen-bond acceptors (Lipinski definition) is 4. The maximum absolute atomic E-state index is 5.69. The van der Waals surface area contributed by atoms with Crippen molar-refractivity contribution in [2.24, 2.45) is 0 Å². The number of hydrogen-bond donors (Lipinski definition) is 1. The predicted octanol–water partition coefficient (Wildman–Crippen LogP) is 5.83. The van der Waals surface area contributed by atoms with Crippen molar-refractivity contribution in [2.45, 2.75) is 51.5 Å². The molecule has 4 heteroatoms. The van der Waals surface area contributed by atoms with Crippen LogP contribution in [0.2, 0.25) is 0 Å². The van der Waals surface area contributed by atoms with E-state index >= 15 is 0 Å². The third kappa shape index (κ3) is 4.21. The smallest absolute Gasteiger partial charge is 0.162 e. The van der Waals surface area contributed by atoms with Gasteiger partial charge in [0.1, 0.15) is 11.6 Å². The first kappa shape index (κ1) is 17.8. The number of fused-ring (bicyclic) bond motifs is 1. The maximum atomic E-state index is 5.69. The van der Waals surface area contributed by atoms with Crippen molar-refractivity contribution in [1.82, 2.24) is 9.97 Å². The van der Waals surface area contributed by atoms with Crippen LogP contribution in [0.1, 0.15) is 45.4 Å². The van der Waals surface area contributed by atoms with Crippen LogP contribution in [0, 0.1) is 0 Å². The Balaban J connectivity index is 1.66. The number of benzene rings is 2. The second-order valence-corrected chi connectivity index (χ2v) is 7.27. The molecule has 1 fully saturated rings. The van der Waals surface area contributed by atoms with Crippen molar-refractivity contribution in [3.8, 4) is 17.1 Å².